The Morgan fingerprint density at radius 1 is 0.491 bits per heavy atom. The van der Waals surface area contributed by atoms with Crippen molar-refractivity contribution >= 4 is 77.0 Å². The summed E-state index contributed by atoms with van der Waals surface area (Å²) in [7, 11) is 0. The molecule has 0 bridgehead atoms. The van der Waals surface area contributed by atoms with Crippen molar-refractivity contribution in [1.29, 1.82) is 0 Å². The summed E-state index contributed by atoms with van der Waals surface area (Å²) < 4.78 is 8.93. The van der Waals surface area contributed by atoms with Gasteiger partial charge in [0.25, 0.3) is 0 Å². The second-order valence-corrected chi connectivity index (χ2v) is 14.8. The molecule has 1 aliphatic carbocycles. The first-order valence-electron chi connectivity index (χ1n) is 19.1. The van der Waals surface area contributed by atoms with Crippen molar-refractivity contribution in [1.82, 2.24) is 4.57 Å². The lowest BCUT2D eigenvalue weighted by molar-refractivity contribution is 0.666. The first-order valence-corrected chi connectivity index (χ1v) is 19.1. The molecule has 0 fully saturated rings. The van der Waals surface area contributed by atoms with Crippen molar-refractivity contribution in [2.24, 2.45) is 0 Å². The molecule has 1 atom stereocenters. The van der Waals surface area contributed by atoms with Gasteiger partial charge in [-0.2, -0.15) is 0 Å². The molecule has 0 spiro atoms. The standard InChI is InChI=1S/C52H34N2O/c1-2-13-33(14-3-1)37-16-6-9-21-45(37)54-48-30-27-36(32-44(48)41-28-25-34-15-4-5-17-38(34)51(41)54)35-26-29-47-43(31-35)39-18-7-10-22-46(39)53(47)49-23-12-20-42-40-19-8-11-24-50(40)55-52(42)49/h1-29,31-32,48H,30H2. The normalized spacial score (nSPS) is 15.2. The molecule has 258 valence electrons. The van der Waals surface area contributed by atoms with Gasteiger partial charge in [0.2, 0.25) is 0 Å². The fourth-order valence-electron chi connectivity index (χ4n) is 9.45. The fourth-order valence-corrected chi connectivity index (χ4v) is 9.45. The van der Waals surface area contributed by atoms with Crippen LogP contribution in [0.4, 0.5) is 11.4 Å². The zero-order valence-electron chi connectivity index (χ0n) is 30.0. The highest BCUT2D eigenvalue weighted by Crippen LogP contribution is 2.53. The molecule has 8 aromatic carbocycles. The zero-order chi connectivity index (χ0) is 36.0. The summed E-state index contributed by atoms with van der Waals surface area (Å²) >= 11 is 0. The van der Waals surface area contributed by atoms with Crippen molar-refractivity contribution in [2.45, 2.75) is 12.5 Å². The van der Waals surface area contributed by atoms with Crippen molar-refractivity contribution in [3.05, 3.63) is 199 Å². The molecule has 0 N–H and O–H groups in total. The van der Waals surface area contributed by atoms with Gasteiger partial charge >= 0.3 is 0 Å². The van der Waals surface area contributed by atoms with Crippen LogP contribution >= 0.6 is 0 Å². The molecule has 0 saturated carbocycles. The summed E-state index contributed by atoms with van der Waals surface area (Å²) in [6.07, 6.45) is 5.82. The number of hydrogen-bond donors (Lipinski definition) is 0. The van der Waals surface area contributed by atoms with Gasteiger partial charge in [-0.05, 0) is 76.6 Å². The predicted octanol–water partition coefficient (Wildman–Crippen LogP) is 13.9. The van der Waals surface area contributed by atoms with E-state index in [2.05, 4.69) is 191 Å². The highest BCUT2D eigenvalue weighted by Gasteiger charge is 2.38. The molecule has 12 rings (SSSR count). The van der Waals surface area contributed by atoms with E-state index in [4.69, 9.17) is 4.42 Å². The molecule has 1 aliphatic heterocycles. The average Bonchev–Trinajstić information content (AvgIpc) is 3.91. The predicted molar refractivity (Wildman–Crippen MR) is 230 cm³/mol. The molecular formula is C52H34N2O. The third-order valence-electron chi connectivity index (χ3n) is 11.9. The quantitative estimate of drug-likeness (QED) is 0.182. The van der Waals surface area contributed by atoms with Gasteiger partial charge in [-0.25, -0.2) is 0 Å². The minimum absolute atomic E-state index is 0.185. The number of rotatable bonds is 4. The molecule has 3 heteroatoms. The fraction of sp³-hybridized carbons (Fsp3) is 0.0385. The molecule has 0 radical (unpaired) electrons. The highest BCUT2D eigenvalue weighted by atomic mass is 16.3. The van der Waals surface area contributed by atoms with Crippen LogP contribution in [-0.2, 0) is 0 Å². The van der Waals surface area contributed by atoms with E-state index in [1.165, 1.54) is 77.4 Å². The van der Waals surface area contributed by atoms with Crippen LogP contribution in [0.15, 0.2) is 192 Å². The van der Waals surface area contributed by atoms with Gasteiger partial charge in [-0.15, -0.1) is 0 Å². The highest BCUT2D eigenvalue weighted by molar-refractivity contribution is 6.14. The molecule has 0 amide bonds. The monoisotopic (exact) mass is 702 g/mol. The summed E-state index contributed by atoms with van der Waals surface area (Å²) in [5.41, 5.74) is 15.4. The van der Waals surface area contributed by atoms with Crippen LogP contribution in [-0.4, -0.2) is 10.6 Å². The van der Waals surface area contributed by atoms with Crippen LogP contribution in [0.25, 0.3) is 82.5 Å². The summed E-state index contributed by atoms with van der Waals surface area (Å²) in [4.78, 5) is 2.62. The van der Waals surface area contributed by atoms with Gasteiger partial charge in [0, 0.05) is 43.7 Å². The van der Waals surface area contributed by atoms with Crippen LogP contribution in [0.5, 0.6) is 0 Å². The third kappa shape index (κ3) is 4.44. The molecule has 1 unspecified atom stereocenters. The van der Waals surface area contributed by atoms with E-state index in [-0.39, 0.29) is 6.04 Å². The second-order valence-electron chi connectivity index (χ2n) is 14.8. The molecule has 10 aromatic rings. The maximum absolute atomic E-state index is 6.55. The lowest BCUT2D eigenvalue weighted by atomic mass is 9.88. The number of hydrogen-bond acceptors (Lipinski definition) is 2. The van der Waals surface area contributed by atoms with Crippen LogP contribution < -0.4 is 4.90 Å². The van der Waals surface area contributed by atoms with E-state index in [0.717, 1.165) is 34.0 Å². The number of benzene rings is 8. The number of fused-ring (bicyclic) bond motifs is 11. The van der Waals surface area contributed by atoms with E-state index < -0.39 is 0 Å². The Kier molecular flexibility index (Phi) is 6.46. The van der Waals surface area contributed by atoms with Gasteiger partial charge in [0.05, 0.1) is 28.5 Å². The topological polar surface area (TPSA) is 21.3 Å². The smallest absolute Gasteiger partial charge is 0.159 e. The van der Waals surface area contributed by atoms with Crippen molar-refractivity contribution in [3.63, 3.8) is 0 Å². The number of allylic oxidation sites excluding steroid dienone is 2. The SMILES string of the molecule is C1=C(c2ccc3c(c2)c2ccccc2n3-c2cccc3c2oc2ccccc23)C=C2c3ccc4ccccc4c3N(c3ccccc3-c3ccccc3)C2C1. The Hall–Kier alpha value is -7.10. The Bertz CT molecular complexity index is 3250. The lowest BCUT2D eigenvalue weighted by Gasteiger charge is -2.32. The van der Waals surface area contributed by atoms with Crippen LogP contribution in [0.2, 0.25) is 0 Å². The van der Waals surface area contributed by atoms with Gasteiger partial charge in [-0.1, -0.05) is 146 Å². The van der Waals surface area contributed by atoms with Crippen molar-refractivity contribution in [3.8, 4) is 16.8 Å². The molecular weight excluding hydrogens is 669 g/mol. The molecule has 0 saturated heterocycles. The molecule has 2 aromatic heterocycles. The largest absolute Gasteiger partial charge is 0.454 e. The molecule has 3 heterocycles. The van der Waals surface area contributed by atoms with Crippen LogP contribution in [0.1, 0.15) is 17.5 Å². The summed E-state index contributed by atoms with van der Waals surface area (Å²) in [5.74, 6) is 0. The van der Waals surface area contributed by atoms with Crippen LogP contribution in [0.3, 0.4) is 0 Å². The number of anilines is 2. The van der Waals surface area contributed by atoms with E-state index in [1.54, 1.807) is 0 Å². The van der Waals surface area contributed by atoms with Crippen molar-refractivity contribution in [2.75, 3.05) is 4.90 Å². The number of para-hydroxylation sites is 4. The Morgan fingerprint density at radius 3 is 2.15 bits per heavy atom. The molecule has 2 aliphatic rings. The number of nitrogens with zero attached hydrogens (tertiary/aromatic N) is 2. The van der Waals surface area contributed by atoms with Gasteiger partial charge in [0.15, 0.2) is 5.58 Å². The maximum atomic E-state index is 6.55. The van der Waals surface area contributed by atoms with Crippen molar-refractivity contribution < 1.29 is 4.42 Å². The zero-order valence-corrected chi connectivity index (χ0v) is 30.0. The van der Waals surface area contributed by atoms with E-state index in [9.17, 15) is 0 Å². The van der Waals surface area contributed by atoms with Gasteiger partial charge in [0.1, 0.15) is 5.58 Å². The first-order chi connectivity index (χ1) is 27.3. The van der Waals surface area contributed by atoms with Crippen LogP contribution in [0, 0.1) is 0 Å². The minimum Gasteiger partial charge on any atom is -0.454 e. The van der Waals surface area contributed by atoms with E-state index >= 15 is 0 Å². The van der Waals surface area contributed by atoms with Gasteiger partial charge in [-0.3, -0.25) is 0 Å². The second kappa shape index (κ2) is 11.7. The third-order valence-corrected chi connectivity index (χ3v) is 11.9. The minimum atomic E-state index is 0.185. The Balaban J connectivity index is 1.02. The number of furan rings is 1. The molecule has 55 heavy (non-hydrogen) atoms. The first kappa shape index (κ1) is 30.4. The van der Waals surface area contributed by atoms with Gasteiger partial charge < -0.3 is 13.9 Å². The summed E-state index contributed by atoms with van der Waals surface area (Å²) in [5, 5.41) is 7.29. The number of aromatic nitrogens is 1. The lowest BCUT2D eigenvalue weighted by Crippen LogP contribution is -2.28. The maximum Gasteiger partial charge on any atom is 0.159 e. The molecule has 3 nitrogen and oxygen atoms in total. The van der Waals surface area contributed by atoms with E-state index in [0.29, 0.717) is 0 Å². The Morgan fingerprint density at radius 2 is 1.22 bits per heavy atom. The summed E-state index contributed by atoms with van der Waals surface area (Å²) in [6, 6.07) is 63.9. The van der Waals surface area contributed by atoms with E-state index in [1.807, 2.05) is 6.07 Å². The average molecular weight is 703 g/mol. The summed E-state index contributed by atoms with van der Waals surface area (Å²) in [6.45, 7) is 0. The Labute approximate surface area is 318 Å².